The Kier molecular flexibility index (Phi) is 6.24. The van der Waals surface area contributed by atoms with Crippen LogP contribution in [0.3, 0.4) is 0 Å². The minimum absolute atomic E-state index is 1.09. The molecule has 3 heteroatoms. The Labute approximate surface area is 240 Å². The molecule has 7 rings (SSSR count). The highest BCUT2D eigenvalue weighted by Gasteiger charge is 2.15. The van der Waals surface area contributed by atoms with Crippen molar-refractivity contribution in [2.75, 3.05) is 4.90 Å². The Morgan fingerprint density at radius 2 is 0.897 bits per heavy atom. The van der Waals surface area contributed by atoms with E-state index in [9.17, 15) is 0 Å². The van der Waals surface area contributed by atoms with Gasteiger partial charge in [0, 0.05) is 41.7 Å². The van der Waals surface area contributed by atoms with E-state index in [-0.39, 0.29) is 0 Å². The van der Waals surface area contributed by atoms with Crippen molar-refractivity contribution in [3.63, 3.8) is 0 Å². The molecular weight excluding hydrogens is 558 g/mol. The van der Waals surface area contributed by atoms with Gasteiger partial charge in [-0.1, -0.05) is 101 Å². The minimum atomic E-state index is 1.09. The average Bonchev–Trinajstić information content (AvgIpc) is 3.37. The number of anilines is 3. The van der Waals surface area contributed by atoms with Crippen LogP contribution in [-0.4, -0.2) is 0 Å². The zero-order valence-corrected chi connectivity index (χ0v) is 23.5. The Bertz CT molecular complexity index is 1890. The third-order valence-electron chi connectivity index (χ3n) is 7.15. The predicted octanol–water partition coefficient (Wildman–Crippen LogP) is 11.6. The van der Waals surface area contributed by atoms with Crippen molar-refractivity contribution < 1.29 is 0 Å². The van der Waals surface area contributed by atoms with Gasteiger partial charge in [-0.2, -0.15) is 0 Å². The lowest BCUT2D eigenvalue weighted by Gasteiger charge is -2.26. The van der Waals surface area contributed by atoms with Gasteiger partial charge in [-0.25, -0.2) is 0 Å². The molecule has 0 aliphatic heterocycles. The van der Waals surface area contributed by atoms with Crippen LogP contribution in [-0.2, 0) is 0 Å². The molecule has 0 aliphatic carbocycles. The van der Waals surface area contributed by atoms with E-state index in [1.54, 1.807) is 0 Å². The summed E-state index contributed by atoms with van der Waals surface area (Å²) in [5.74, 6) is 0. The first-order valence-corrected chi connectivity index (χ1v) is 14.6. The second-order valence-electron chi connectivity index (χ2n) is 9.58. The molecule has 0 saturated carbocycles. The molecule has 0 atom stereocenters. The lowest BCUT2D eigenvalue weighted by atomic mass is 10.0. The van der Waals surface area contributed by atoms with E-state index in [0.29, 0.717) is 0 Å². The molecule has 0 N–H and O–H groups in total. The molecule has 0 fully saturated rings. The number of thiophene rings is 1. The first-order chi connectivity index (χ1) is 19.2. The highest BCUT2D eigenvalue weighted by Crippen LogP contribution is 2.41. The van der Waals surface area contributed by atoms with Gasteiger partial charge in [0.1, 0.15) is 0 Å². The predicted molar refractivity (Wildman–Crippen MR) is 173 cm³/mol. The molecular formula is C36H24BrNS. The largest absolute Gasteiger partial charge is 0.310 e. The average molecular weight is 583 g/mol. The Morgan fingerprint density at radius 1 is 0.410 bits per heavy atom. The molecule has 0 saturated heterocycles. The number of fused-ring (bicyclic) bond motifs is 3. The first-order valence-electron chi connectivity index (χ1n) is 13.0. The van der Waals surface area contributed by atoms with Crippen molar-refractivity contribution in [2.45, 2.75) is 0 Å². The number of hydrogen-bond donors (Lipinski definition) is 0. The molecule has 1 nitrogen and oxygen atoms in total. The summed E-state index contributed by atoms with van der Waals surface area (Å²) in [6.45, 7) is 0. The van der Waals surface area contributed by atoms with Gasteiger partial charge in [0.2, 0.25) is 0 Å². The van der Waals surface area contributed by atoms with Crippen LogP contribution in [0, 0.1) is 0 Å². The maximum Gasteiger partial charge on any atom is 0.0468 e. The molecule has 0 aliphatic rings. The van der Waals surface area contributed by atoms with Crippen LogP contribution < -0.4 is 4.90 Å². The number of nitrogens with zero attached hydrogens (tertiary/aromatic N) is 1. The molecule has 0 spiro atoms. The van der Waals surface area contributed by atoms with Crippen molar-refractivity contribution in [3.8, 4) is 22.3 Å². The lowest BCUT2D eigenvalue weighted by molar-refractivity contribution is 1.29. The van der Waals surface area contributed by atoms with Crippen LogP contribution in [0.15, 0.2) is 150 Å². The summed E-state index contributed by atoms with van der Waals surface area (Å²) in [5.41, 5.74) is 8.24. The van der Waals surface area contributed by atoms with Gasteiger partial charge in [0.05, 0.1) is 0 Å². The van der Waals surface area contributed by atoms with Crippen LogP contribution in [0.25, 0.3) is 42.4 Å². The summed E-state index contributed by atoms with van der Waals surface area (Å²) in [4.78, 5) is 2.35. The lowest BCUT2D eigenvalue weighted by Crippen LogP contribution is -2.09. The van der Waals surface area contributed by atoms with Crippen LogP contribution in [0.4, 0.5) is 17.1 Å². The van der Waals surface area contributed by atoms with Gasteiger partial charge < -0.3 is 4.90 Å². The Hall–Kier alpha value is -4.18. The maximum absolute atomic E-state index is 3.54. The fraction of sp³-hybridized carbons (Fsp3) is 0. The summed E-state index contributed by atoms with van der Waals surface area (Å²) in [5, 5.41) is 2.61. The molecule has 7 aromatic rings. The standard InChI is InChI=1S/C36H24BrNS/c37-29-16-10-26(11-17-29)28-14-20-31(21-15-28)38(30-18-12-27(13-19-30)25-6-2-1-3-7-25)32-22-23-36-34(24-32)33-8-4-5-9-35(33)39-36/h1-24H. The van der Waals surface area contributed by atoms with Gasteiger partial charge >= 0.3 is 0 Å². The molecule has 1 aromatic heterocycles. The van der Waals surface area contributed by atoms with E-state index in [0.717, 1.165) is 21.5 Å². The minimum Gasteiger partial charge on any atom is -0.310 e. The third-order valence-corrected chi connectivity index (χ3v) is 8.83. The highest BCUT2D eigenvalue weighted by atomic mass is 79.9. The SMILES string of the molecule is Brc1ccc(-c2ccc(N(c3ccc(-c4ccccc4)cc3)c3ccc4sc5ccccc5c4c3)cc2)cc1. The molecule has 186 valence electrons. The van der Waals surface area contributed by atoms with Gasteiger partial charge in [-0.15, -0.1) is 11.3 Å². The van der Waals surface area contributed by atoms with E-state index in [1.807, 2.05) is 11.3 Å². The summed E-state index contributed by atoms with van der Waals surface area (Å²) < 4.78 is 3.72. The topological polar surface area (TPSA) is 3.24 Å². The van der Waals surface area contributed by atoms with Gasteiger partial charge in [-0.3, -0.25) is 0 Å². The molecule has 0 unspecified atom stereocenters. The van der Waals surface area contributed by atoms with Crippen LogP contribution in [0.5, 0.6) is 0 Å². The van der Waals surface area contributed by atoms with E-state index < -0.39 is 0 Å². The van der Waals surface area contributed by atoms with E-state index in [2.05, 4.69) is 166 Å². The van der Waals surface area contributed by atoms with Crippen LogP contribution >= 0.6 is 27.3 Å². The van der Waals surface area contributed by atoms with Gasteiger partial charge in [0.25, 0.3) is 0 Å². The summed E-state index contributed by atoms with van der Waals surface area (Å²) in [7, 11) is 0. The summed E-state index contributed by atoms with van der Waals surface area (Å²) >= 11 is 5.40. The van der Waals surface area contributed by atoms with Gasteiger partial charge in [-0.05, 0) is 82.9 Å². The maximum atomic E-state index is 3.54. The fourth-order valence-corrected chi connectivity index (χ4v) is 6.53. The molecule has 0 amide bonds. The zero-order chi connectivity index (χ0) is 26.2. The smallest absolute Gasteiger partial charge is 0.0468 e. The molecule has 0 radical (unpaired) electrons. The van der Waals surface area contributed by atoms with Crippen molar-refractivity contribution >= 4 is 64.5 Å². The van der Waals surface area contributed by atoms with Crippen molar-refractivity contribution in [1.29, 1.82) is 0 Å². The normalized spacial score (nSPS) is 11.2. The number of hydrogen-bond acceptors (Lipinski definition) is 2. The number of rotatable bonds is 5. The van der Waals surface area contributed by atoms with E-state index >= 15 is 0 Å². The highest BCUT2D eigenvalue weighted by molar-refractivity contribution is 9.10. The monoisotopic (exact) mass is 581 g/mol. The van der Waals surface area contributed by atoms with E-state index in [4.69, 9.17) is 0 Å². The van der Waals surface area contributed by atoms with Crippen molar-refractivity contribution in [2.24, 2.45) is 0 Å². The summed E-state index contributed by atoms with van der Waals surface area (Å²) in [6, 6.07) is 52.3. The van der Waals surface area contributed by atoms with E-state index in [1.165, 1.54) is 42.4 Å². The third kappa shape index (κ3) is 4.65. The Balaban J connectivity index is 1.34. The molecule has 39 heavy (non-hydrogen) atoms. The molecule has 1 heterocycles. The summed E-state index contributed by atoms with van der Waals surface area (Å²) in [6.07, 6.45) is 0. The zero-order valence-electron chi connectivity index (χ0n) is 21.1. The number of benzene rings is 6. The second-order valence-corrected chi connectivity index (χ2v) is 11.6. The molecule has 6 aromatic carbocycles. The second kappa shape index (κ2) is 10.2. The van der Waals surface area contributed by atoms with Crippen LogP contribution in [0.2, 0.25) is 0 Å². The quantitative estimate of drug-likeness (QED) is 0.195. The molecule has 0 bridgehead atoms. The van der Waals surface area contributed by atoms with Crippen molar-refractivity contribution in [3.05, 3.63) is 150 Å². The van der Waals surface area contributed by atoms with Gasteiger partial charge in [0.15, 0.2) is 0 Å². The Morgan fingerprint density at radius 3 is 1.54 bits per heavy atom. The van der Waals surface area contributed by atoms with Crippen molar-refractivity contribution in [1.82, 2.24) is 0 Å². The fourth-order valence-electron chi connectivity index (χ4n) is 5.18. The van der Waals surface area contributed by atoms with Crippen LogP contribution in [0.1, 0.15) is 0 Å². The number of halogens is 1. The first kappa shape index (κ1) is 23.9.